The molecule has 4 rings (SSSR count). The van der Waals surface area contributed by atoms with E-state index in [9.17, 15) is 13.2 Å². The highest BCUT2D eigenvalue weighted by Crippen LogP contribution is 2.41. The Hall–Kier alpha value is -1.83. The van der Waals surface area contributed by atoms with Gasteiger partial charge in [0.1, 0.15) is 0 Å². The molecule has 1 amide bonds. The van der Waals surface area contributed by atoms with E-state index in [1.165, 1.54) is 18.3 Å². The molecule has 146 valence electrons. The van der Waals surface area contributed by atoms with E-state index in [-0.39, 0.29) is 9.80 Å². The van der Waals surface area contributed by atoms with Gasteiger partial charge in [-0.25, -0.2) is 8.42 Å². The highest BCUT2D eigenvalue weighted by molar-refractivity contribution is 9.10. The minimum absolute atomic E-state index is 0.0858. The summed E-state index contributed by atoms with van der Waals surface area (Å²) in [6.45, 7) is 1.16. The van der Waals surface area contributed by atoms with E-state index in [0.29, 0.717) is 23.8 Å². The molecule has 2 aliphatic heterocycles. The van der Waals surface area contributed by atoms with Crippen molar-refractivity contribution in [1.82, 2.24) is 4.90 Å². The van der Waals surface area contributed by atoms with Crippen molar-refractivity contribution in [2.24, 2.45) is 0 Å². The maximum absolute atomic E-state index is 13.2. The van der Waals surface area contributed by atoms with Crippen LogP contribution in [0.1, 0.15) is 19.3 Å². The SMILES string of the molecule is O=C(C1=CN(c2ccc(Br)cc2)c2cc(Cl)ccc2S1(=O)=O)N1CCCCC1. The van der Waals surface area contributed by atoms with Gasteiger partial charge in [-0.1, -0.05) is 27.5 Å². The second-order valence-electron chi connectivity index (χ2n) is 6.81. The number of hydrogen-bond donors (Lipinski definition) is 0. The molecule has 0 radical (unpaired) electrons. The molecular weight excluding hydrogens is 464 g/mol. The van der Waals surface area contributed by atoms with E-state index in [4.69, 9.17) is 11.6 Å². The van der Waals surface area contributed by atoms with Crippen molar-refractivity contribution in [2.45, 2.75) is 24.2 Å². The number of hydrogen-bond acceptors (Lipinski definition) is 4. The minimum atomic E-state index is -3.94. The Morgan fingerprint density at radius 1 is 1.00 bits per heavy atom. The Labute approximate surface area is 177 Å². The molecule has 2 heterocycles. The molecule has 0 bridgehead atoms. The largest absolute Gasteiger partial charge is 0.338 e. The molecule has 0 spiro atoms. The number of carbonyl (C=O) groups is 1. The number of nitrogens with zero attached hydrogens (tertiary/aromatic N) is 2. The molecule has 2 aromatic carbocycles. The molecule has 0 atom stereocenters. The van der Waals surface area contributed by atoms with Crippen molar-refractivity contribution in [3.8, 4) is 0 Å². The number of rotatable bonds is 2. The average Bonchev–Trinajstić information content (AvgIpc) is 2.69. The molecule has 0 N–H and O–H groups in total. The number of sulfone groups is 1. The molecule has 0 aromatic heterocycles. The fourth-order valence-electron chi connectivity index (χ4n) is 3.52. The standard InChI is InChI=1S/C20H18BrClN2O3S/c21-14-4-7-16(8-5-14)24-13-19(20(25)23-10-2-1-3-11-23)28(26,27)18-9-6-15(22)12-17(18)24/h4-9,12-13H,1-3,10-11H2. The Morgan fingerprint density at radius 3 is 2.36 bits per heavy atom. The summed E-state index contributed by atoms with van der Waals surface area (Å²) < 4.78 is 27.4. The van der Waals surface area contributed by atoms with Crippen molar-refractivity contribution in [3.63, 3.8) is 0 Å². The molecule has 1 fully saturated rings. The first-order valence-corrected chi connectivity index (χ1v) is 11.6. The number of benzene rings is 2. The van der Waals surface area contributed by atoms with Crippen LogP contribution in [0, 0.1) is 0 Å². The van der Waals surface area contributed by atoms with Gasteiger partial charge in [0.2, 0.25) is 9.84 Å². The smallest absolute Gasteiger partial charge is 0.267 e. The monoisotopic (exact) mass is 480 g/mol. The Balaban J connectivity index is 1.87. The third-order valence-electron chi connectivity index (χ3n) is 4.96. The number of halogens is 2. The maximum Gasteiger partial charge on any atom is 0.267 e. The summed E-state index contributed by atoms with van der Waals surface area (Å²) in [6, 6.07) is 12.0. The van der Waals surface area contributed by atoms with Crippen LogP contribution < -0.4 is 4.90 Å². The molecule has 0 aliphatic carbocycles. The molecule has 2 aliphatic rings. The van der Waals surface area contributed by atoms with Gasteiger partial charge in [-0.15, -0.1) is 0 Å². The van der Waals surface area contributed by atoms with Crippen LogP contribution in [-0.2, 0) is 14.6 Å². The second-order valence-corrected chi connectivity index (χ2v) is 10.0. The number of fused-ring (bicyclic) bond motifs is 1. The van der Waals surface area contributed by atoms with Gasteiger partial charge in [-0.2, -0.15) is 0 Å². The van der Waals surface area contributed by atoms with Crippen molar-refractivity contribution < 1.29 is 13.2 Å². The van der Waals surface area contributed by atoms with Crippen LogP contribution in [0.15, 0.2) is 62.9 Å². The first-order chi connectivity index (χ1) is 13.4. The van der Waals surface area contributed by atoms with Gasteiger partial charge in [0, 0.05) is 34.5 Å². The zero-order chi connectivity index (χ0) is 19.9. The Morgan fingerprint density at radius 2 is 1.68 bits per heavy atom. The number of amides is 1. The fourth-order valence-corrected chi connectivity index (χ4v) is 5.47. The third kappa shape index (κ3) is 3.47. The highest BCUT2D eigenvalue weighted by atomic mass is 79.9. The lowest BCUT2D eigenvalue weighted by atomic mass is 10.1. The molecule has 1 saturated heterocycles. The predicted molar refractivity (Wildman–Crippen MR) is 113 cm³/mol. The maximum atomic E-state index is 13.2. The normalized spacial score (nSPS) is 18.4. The van der Waals surface area contributed by atoms with Crippen molar-refractivity contribution in [2.75, 3.05) is 18.0 Å². The highest BCUT2D eigenvalue weighted by Gasteiger charge is 2.38. The number of carbonyl (C=O) groups excluding carboxylic acids is 1. The fraction of sp³-hybridized carbons (Fsp3) is 0.250. The molecule has 2 aromatic rings. The lowest BCUT2D eigenvalue weighted by molar-refractivity contribution is -0.127. The molecular formula is C20H18BrClN2O3S. The lowest BCUT2D eigenvalue weighted by Crippen LogP contribution is -2.39. The molecule has 28 heavy (non-hydrogen) atoms. The van der Waals surface area contributed by atoms with Gasteiger partial charge in [0.05, 0.1) is 10.6 Å². The predicted octanol–water partition coefficient (Wildman–Crippen LogP) is 4.88. The van der Waals surface area contributed by atoms with Crippen LogP contribution in [0.5, 0.6) is 0 Å². The third-order valence-corrected chi connectivity index (χ3v) is 7.51. The van der Waals surface area contributed by atoms with Gasteiger partial charge in [-0.05, 0) is 61.7 Å². The molecule has 0 unspecified atom stereocenters. The van der Waals surface area contributed by atoms with E-state index in [1.807, 2.05) is 24.3 Å². The van der Waals surface area contributed by atoms with Crippen molar-refractivity contribution in [1.29, 1.82) is 0 Å². The summed E-state index contributed by atoms with van der Waals surface area (Å²) in [4.78, 5) is 16.3. The topological polar surface area (TPSA) is 57.7 Å². The van der Waals surface area contributed by atoms with Crippen LogP contribution in [0.2, 0.25) is 5.02 Å². The van der Waals surface area contributed by atoms with Gasteiger partial charge in [0.25, 0.3) is 5.91 Å². The zero-order valence-corrected chi connectivity index (χ0v) is 18.1. The van der Waals surface area contributed by atoms with E-state index in [1.54, 1.807) is 15.9 Å². The molecule has 0 saturated carbocycles. The van der Waals surface area contributed by atoms with Crippen molar-refractivity contribution in [3.05, 3.63) is 63.1 Å². The van der Waals surface area contributed by atoms with E-state index in [0.717, 1.165) is 29.4 Å². The molecule has 5 nitrogen and oxygen atoms in total. The van der Waals surface area contributed by atoms with E-state index in [2.05, 4.69) is 15.9 Å². The summed E-state index contributed by atoms with van der Waals surface area (Å²) in [6.07, 6.45) is 4.26. The zero-order valence-electron chi connectivity index (χ0n) is 14.9. The average molecular weight is 482 g/mol. The van der Waals surface area contributed by atoms with Crippen molar-refractivity contribution >= 4 is 54.7 Å². The van der Waals surface area contributed by atoms with E-state index < -0.39 is 15.7 Å². The summed E-state index contributed by atoms with van der Waals surface area (Å²) in [7, 11) is -3.94. The quantitative estimate of drug-likeness (QED) is 0.613. The number of anilines is 2. The second kappa shape index (κ2) is 7.54. The number of piperidine rings is 1. The van der Waals surface area contributed by atoms with Gasteiger partial charge < -0.3 is 9.80 Å². The van der Waals surface area contributed by atoms with Crippen LogP contribution in [0.3, 0.4) is 0 Å². The summed E-state index contributed by atoms with van der Waals surface area (Å²) in [5.41, 5.74) is 1.18. The van der Waals surface area contributed by atoms with Crippen LogP contribution in [0.25, 0.3) is 0 Å². The summed E-state index contributed by atoms with van der Waals surface area (Å²) >= 11 is 9.55. The first kappa shape index (κ1) is 19.5. The van der Waals surface area contributed by atoms with Crippen LogP contribution >= 0.6 is 27.5 Å². The summed E-state index contributed by atoms with van der Waals surface area (Å²) in [5.74, 6) is -0.442. The summed E-state index contributed by atoms with van der Waals surface area (Å²) in [5, 5.41) is 0.426. The molecule has 8 heteroatoms. The lowest BCUT2D eigenvalue weighted by Gasteiger charge is -2.32. The Bertz CT molecular complexity index is 1060. The van der Waals surface area contributed by atoms with Gasteiger partial charge >= 0.3 is 0 Å². The minimum Gasteiger partial charge on any atom is -0.338 e. The Kier molecular flexibility index (Phi) is 5.24. The van der Waals surface area contributed by atoms with Gasteiger partial charge in [0.15, 0.2) is 4.91 Å². The van der Waals surface area contributed by atoms with E-state index >= 15 is 0 Å². The first-order valence-electron chi connectivity index (χ1n) is 8.98. The van der Waals surface area contributed by atoms with Crippen LogP contribution in [-0.4, -0.2) is 32.3 Å². The number of likely N-dealkylation sites (tertiary alicyclic amines) is 1. The van der Waals surface area contributed by atoms with Crippen LogP contribution in [0.4, 0.5) is 11.4 Å². The van der Waals surface area contributed by atoms with Gasteiger partial charge in [-0.3, -0.25) is 4.79 Å².